The molecule has 31 heavy (non-hydrogen) atoms. The fourth-order valence-corrected chi connectivity index (χ4v) is 3.48. The topological polar surface area (TPSA) is 43.4 Å². The predicted molar refractivity (Wildman–Crippen MR) is 125 cm³/mol. The second kappa shape index (κ2) is 9.46. The van der Waals surface area contributed by atoms with Gasteiger partial charge in [0.15, 0.2) is 11.6 Å². The standard InChI is InChI=1S/C26H30ClFO3/c1-16-10-19(13-20(27)11-16)22(26(6,7)28)14-23(29)18-8-9-21(17(2)12-18)24(30)15-31-25(3,4)5/h8-14H,15H2,1-7H3. The number of Topliss-reactive ketones (excluding diaryl/α,β-unsaturated/α-hetero) is 1. The third kappa shape index (κ3) is 7.12. The highest BCUT2D eigenvalue weighted by molar-refractivity contribution is 6.30. The maximum atomic E-state index is 15.0. The number of ether oxygens (including phenoxy) is 1. The number of ketones is 2. The van der Waals surface area contributed by atoms with Gasteiger partial charge < -0.3 is 4.74 Å². The molecule has 166 valence electrons. The summed E-state index contributed by atoms with van der Waals surface area (Å²) in [6.45, 7) is 12.1. The summed E-state index contributed by atoms with van der Waals surface area (Å²) in [6.07, 6.45) is 1.31. The summed E-state index contributed by atoms with van der Waals surface area (Å²) in [6, 6.07) is 10.1. The molecule has 2 aromatic carbocycles. The minimum Gasteiger partial charge on any atom is -0.368 e. The van der Waals surface area contributed by atoms with Gasteiger partial charge in [0.1, 0.15) is 12.3 Å². The molecular formula is C26H30ClFO3. The molecule has 0 heterocycles. The molecule has 0 amide bonds. The highest BCUT2D eigenvalue weighted by atomic mass is 35.5. The lowest BCUT2D eigenvalue weighted by atomic mass is 9.89. The van der Waals surface area contributed by atoms with E-state index in [1.165, 1.54) is 19.9 Å². The van der Waals surface area contributed by atoms with Gasteiger partial charge in [-0.2, -0.15) is 0 Å². The van der Waals surface area contributed by atoms with Gasteiger partial charge in [0.2, 0.25) is 0 Å². The zero-order valence-electron chi connectivity index (χ0n) is 19.2. The molecule has 2 rings (SSSR count). The third-order valence-electron chi connectivity index (χ3n) is 4.72. The Morgan fingerprint density at radius 3 is 2.16 bits per heavy atom. The highest BCUT2D eigenvalue weighted by Crippen LogP contribution is 2.33. The van der Waals surface area contributed by atoms with E-state index in [-0.39, 0.29) is 23.7 Å². The molecule has 0 bridgehead atoms. The molecule has 0 radical (unpaired) electrons. The Bertz CT molecular complexity index is 1000. The monoisotopic (exact) mass is 444 g/mol. The van der Waals surface area contributed by atoms with Crippen molar-refractivity contribution >= 4 is 28.7 Å². The van der Waals surface area contributed by atoms with Crippen molar-refractivity contribution in [3.05, 3.63) is 75.3 Å². The number of rotatable bonds is 7. The summed E-state index contributed by atoms with van der Waals surface area (Å²) in [5.41, 5.74) is 1.07. The molecule has 3 nitrogen and oxygen atoms in total. The zero-order chi connectivity index (χ0) is 23.6. The van der Waals surface area contributed by atoms with Gasteiger partial charge in [-0.1, -0.05) is 29.8 Å². The molecule has 0 atom stereocenters. The number of carbonyl (C=O) groups is 2. The summed E-state index contributed by atoms with van der Waals surface area (Å²) < 4.78 is 20.5. The first kappa shape index (κ1) is 25.0. The first-order valence-corrected chi connectivity index (χ1v) is 10.6. The summed E-state index contributed by atoms with van der Waals surface area (Å²) >= 11 is 6.14. The molecule has 0 spiro atoms. The zero-order valence-corrected chi connectivity index (χ0v) is 20.0. The van der Waals surface area contributed by atoms with Crippen molar-refractivity contribution in [1.82, 2.24) is 0 Å². The number of benzene rings is 2. The number of halogens is 2. The van der Waals surface area contributed by atoms with E-state index in [1.807, 2.05) is 27.7 Å². The number of alkyl halides is 1. The van der Waals surface area contributed by atoms with Crippen molar-refractivity contribution in [2.75, 3.05) is 6.61 Å². The van der Waals surface area contributed by atoms with Crippen LogP contribution in [-0.2, 0) is 4.74 Å². The molecule has 0 unspecified atom stereocenters. The molecular weight excluding hydrogens is 415 g/mol. The molecule has 0 aliphatic carbocycles. The van der Waals surface area contributed by atoms with Gasteiger partial charge in [0.05, 0.1) is 5.60 Å². The quantitative estimate of drug-likeness (QED) is 0.342. The van der Waals surface area contributed by atoms with Crippen LogP contribution in [0.2, 0.25) is 5.02 Å². The Labute approximate surface area is 189 Å². The van der Waals surface area contributed by atoms with Crippen LogP contribution in [0.3, 0.4) is 0 Å². The van der Waals surface area contributed by atoms with Gasteiger partial charge >= 0.3 is 0 Å². The Morgan fingerprint density at radius 2 is 1.65 bits per heavy atom. The van der Waals surface area contributed by atoms with Gasteiger partial charge in [-0.05, 0) is 95.0 Å². The summed E-state index contributed by atoms with van der Waals surface area (Å²) in [4.78, 5) is 25.4. The van der Waals surface area contributed by atoms with Crippen LogP contribution in [0.15, 0.2) is 42.5 Å². The molecule has 0 aliphatic rings. The lowest BCUT2D eigenvalue weighted by Crippen LogP contribution is -2.24. The molecule has 5 heteroatoms. The van der Waals surface area contributed by atoms with E-state index in [1.54, 1.807) is 43.3 Å². The number of hydrogen-bond donors (Lipinski definition) is 0. The van der Waals surface area contributed by atoms with Gasteiger partial charge in [-0.25, -0.2) is 4.39 Å². The van der Waals surface area contributed by atoms with Gasteiger partial charge in [-0.15, -0.1) is 0 Å². The molecule has 0 fully saturated rings. The van der Waals surface area contributed by atoms with E-state index in [2.05, 4.69) is 0 Å². The second-order valence-electron chi connectivity index (χ2n) is 9.27. The summed E-state index contributed by atoms with van der Waals surface area (Å²) in [5, 5.41) is 0.480. The van der Waals surface area contributed by atoms with Crippen molar-refractivity contribution in [3.8, 4) is 0 Å². The number of hydrogen-bond acceptors (Lipinski definition) is 3. The van der Waals surface area contributed by atoms with Crippen LogP contribution in [0, 0.1) is 13.8 Å². The highest BCUT2D eigenvalue weighted by Gasteiger charge is 2.25. The lowest BCUT2D eigenvalue weighted by molar-refractivity contribution is 0.00303. The maximum Gasteiger partial charge on any atom is 0.188 e. The van der Waals surface area contributed by atoms with Crippen molar-refractivity contribution < 1.29 is 18.7 Å². The Kier molecular flexibility index (Phi) is 7.61. The predicted octanol–water partition coefficient (Wildman–Crippen LogP) is 6.97. The molecule has 2 aromatic rings. The van der Waals surface area contributed by atoms with Crippen molar-refractivity contribution in [1.29, 1.82) is 0 Å². The summed E-state index contributed by atoms with van der Waals surface area (Å²) in [7, 11) is 0. The van der Waals surface area contributed by atoms with Crippen LogP contribution in [0.5, 0.6) is 0 Å². The van der Waals surface area contributed by atoms with Gasteiger partial charge in [0.25, 0.3) is 0 Å². The lowest BCUT2D eigenvalue weighted by Gasteiger charge is -2.20. The van der Waals surface area contributed by atoms with Crippen LogP contribution >= 0.6 is 11.6 Å². The normalized spacial score (nSPS) is 12.7. The fourth-order valence-electron chi connectivity index (χ4n) is 3.19. The van der Waals surface area contributed by atoms with E-state index in [9.17, 15) is 14.0 Å². The third-order valence-corrected chi connectivity index (χ3v) is 4.93. The van der Waals surface area contributed by atoms with Crippen molar-refractivity contribution in [3.63, 3.8) is 0 Å². The van der Waals surface area contributed by atoms with Crippen LogP contribution in [0.25, 0.3) is 5.57 Å². The summed E-state index contributed by atoms with van der Waals surface area (Å²) in [5.74, 6) is -0.492. The van der Waals surface area contributed by atoms with Crippen LogP contribution < -0.4 is 0 Å². The number of carbonyl (C=O) groups excluding carboxylic acids is 2. The smallest absolute Gasteiger partial charge is 0.188 e. The second-order valence-corrected chi connectivity index (χ2v) is 9.70. The molecule has 0 saturated heterocycles. The average molecular weight is 445 g/mol. The Morgan fingerprint density at radius 1 is 1.00 bits per heavy atom. The van der Waals surface area contributed by atoms with E-state index in [4.69, 9.17) is 16.3 Å². The molecule has 0 aromatic heterocycles. The van der Waals surface area contributed by atoms with Crippen LogP contribution in [0.4, 0.5) is 4.39 Å². The van der Waals surface area contributed by atoms with Crippen LogP contribution in [0.1, 0.15) is 72.0 Å². The minimum atomic E-state index is -1.75. The fraction of sp³-hybridized carbons (Fsp3) is 0.385. The Hall–Kier alpha value is -2.30. The maximum absolute atomic E-state index is 15.0. The van der Waals surface area contributed by atoms with E-state index >= 15 is 0 Å². The first-order valence-electron chi connectivity index (χ1n) is 10.2. The molecule has 0 aliphatic heterocycles. The molecule has 0 saturated carbocycles. The van der Waals surface area contributed by atoms with Crippen molar-refractivity contribution in [2.24, 2.45) is 0 Å². The molecule has 0 N–H and O–H groups in total. The average Bonchev–Trinajstić information content (AvgIpc) is 2.61. The largest absolute Gasteiger partial charge is 0.368 e. The van der Waals surface area contributed by atoms with Gasteiger partial charge in [-0.3, -0.25) is 9.59 Å². The minimum absolute atomic E-state index is 0.0359. The SMILES string of the molecule is Cc1cc(Cl)cc(C(=CC(=O)c2ccc(C(=O)COC(C)(C)C)c(C)c2)C(C)(C)F)c1. The first-order chi connectivity index (χ1) is 14.2. The van der Waals surface area contributed by atoms with E-state index in [0.29, 0.717) is 27.3 Å². The number of allylic oxidation sites excluding steroid dienone is 2. The van der Waals surface area contributed by atoms with Crippen LogP contribution in [-0.4, -0.2) is 29.4 Å². The number of aryl methyl sites for hydroxylation is 2. The van der Waals surface area contributed by atoms with E-state index < -0.39 is 11.3 Å². The van der Waals surface area contributed by atoms with Crippen molar-refractivity contribution in [2.45, 2.75) is 59.7 Å². The van der Waals surface area contributed by atoms with E-state index in [0.717, 1.165) is 5.56 Å². The van der Waals surface area contributed by atoms with Gasteiger partial charge in [0, 0.05) is 16.1 Å². The Balaban J connectivity index is 2.37.